The number of nitrogens with zero attached hydrogens (tertiary/aromatic N) is 6. The minimum atomic E-state index is -0.520. The molecule has 182 valence electrons. The van der Waals surface area contributed by atoms with Crippen LogP contribution in [0, 0.1) is 11.3 Å². The highest BCUT2D eigenvalue weighted by Crippen LogP contribution is 2.45. The first-order valence-corrected chi connectivity index (χ1v) is 13.0. The Kier molecular flexibility index (Phi) is 5.91. The summed E-state index contributed by atoms with van der Waals surface area (Å²) < 4.78 is 5.70. The minimum Gasteiger partial charge on any atom is -0.377 e. The van der Waals surface area contributed by atoms with Crippen LogP contribution in [0.4, 0.5) is 5.82 Å². The molecule has 8 heteroatoms. The van der Waals surface area contributed by atoms with Crippen molar-refractivity contribution in [3.63, 3.8) is 0 Å². The van der Waals surface area contributed by atoms with Crippen LogP contribution in [0.25, 0.3) is 22.3 Å². The summed E-state index contributed by atoms with van der Waals surface area (Å²) in [5.74, 6) is 0.911. The van der Waals surface area contributed by atoms with E-state index < -0.39 is 5.41 Å². The maximum absolute atomic E-state index is 10.7. The second-order valence-electron chi connectivity index (χ2n) is 10.3. The number of anilines is 1. The van der Waals surface area contributed by atoms with Crippen LogP contribution in [-0.4, -0.2) is 70.0 Å². The van der Waals surface area contributed by atoms with Crippen molar-refractivity contribution in [2.45, 2.75) is 62.9 Å². The van der Waals surface area contributed by atoms with Gasteiger partial charge in [-0.2, -0.15) is 10.4 Å². The number of hydrogen-bond donors (Lipinski definition) is 1. The Labute approximate surface area is 206 Å². The molecule has 3 aliphatic rings. The number of likely N-dealkylation sites (tertiary alicyclic amines) is 1. The van der Waals surface area contributed by atoms with E-state index in [-0.39, 0.29) is 6.04 Å². The summed E-state index contributed by atoms with van der Waals surface area (Å²) in [6.07, 6.45) is 10.1. The van der Waals surface area contributed by atoms with Crippen molar-refractivity contribution in [3.8, 4) is 17.5 Å². The Morgan fingerprint density at radius 2 is 1.97 bits per heavy atom. The minimum absolute atomic E-state index is 0.220. The predicted molar refractivity (Wildman–Crippen MR) is 135 cm³/mol. The van der Waals surface area contributed by atoms with Gasteiger partial charge in [-0.25, -0.2) is 4.98 Å². The third-order valence-corrected chi connectivity index (χ3v) is 8.33. The van der Waals surface area contributed by atoms with Crippen LogP contribution in [0.5, 0.6) is 0 Å². The Morgan fingerprint density at radius 1 is 1.14 bits per heavy atom. The van der Waals surface area contributed by atoms with Gasteiger partial charge in [0.25, 0.3) is 0 Å². The number of H-pyrrole nitrogens is 1. The van der Waals surface area contributed by atoms with E-state index in [1.165, 1.54) is 25.9 Å². The molecule has 5 heterocycles. The van der Waals surface area contributed by atoms with Crippen LogP contribution in [0.3, 0.4) is 0 Å². The molecule has 3 aromatic rings. The molecule has 2 saturated heterocycles. The molecule has 35 heavy (non-hydrogen) atoms. The lowest BCUT2D eigenvalue weighted by Gasteiger charge is -2.40. The summed E-state index contributed by atoms with van der Waals surface area (Å²) in [5, 5.41) is 18.9. The van der Waals surface area contributed by atoms with Crippen LogP contribution in [0.1, 0.15) is 51.0 Å². The van der Waals surface area contributed by atoms with Gasteiger partial charge in [0.05, 0.1) is 36.4 Å². The molecule has 3 fully saturated rings. The first kappa shape index (κ1) is 22.4. The zero-order valence-corrected chi connectivity index (χ0v) is 20.4. The van der Waals surface area contributed by atoms with E-state index in [0.717, 1.165) is 65.9 Å². The van der Waals surface area contributed by atoms with Crippen molar-refractivity contribution in [2.24, 2.45) is 0 Å². The fourth-order valence-corrected chi connectivity index (χ4v) is 6.34. The molecular formula is C27H33N7O. The lowest BCUT2D eigenvalue weighted by Crippen LogP contribution is -2.44. The number of rotatable bonds is 4. The molecule has 1 atom stereocenters. The molecule has 0 unspecified atom stereocenters. The molecule has 2 aliphatic heterocycles. The fourth-order valence-electron chi connectivity index (χ4n) is 6.34. The van der Waals surface area contributed by atoms with Crippen LogP contribution < -0.4 is 4.90 Å². The van der Waals surface area contributed by atoms with Gasteiger partial charge in [0.2, 0.25) is 0 Å². The van der Waals surface area contributed by atoms with Gasteiger partial charge in [-0.3, -0.25) is 10.1 Å². The summed E-state index contributed by atoms with van der Waals surface area (Å²) in [6.45, 7) is 6.74. The first-order valence-electron chi connectivity index (χ1n) is 13.0. The van der Waals surface area contributed by atoms with E-state index in [0.29, 0.717) is 19.3 Å². The molecule has 6 rings (SSSR count). The molecule has 8 nitrogen and oxygen atoms in total. The van der Waals surface area contributed by atoms with Gasteiger partial charge in [-0.15, -0.1) is 0 Å². The smallest absolute Gasteiger partial charge is 0.130 e. The van der Waals surface area contributed by atoms with Crippen molar-refractivity contribution in [1.29, 1.82) is 5.26 Å². The zero-order chi connectivity index (χ0) is 23.8. The number of morpholine rings is 1. The normalized spacial score (nSPS) is 27.8. The Morgan fingerprint density at radius 3 is 2.69 bits per heavy atom. The number of aromatic amines is 1. The van der Waals surface area contributed by atoms with E-state index >= 15 is 0 Å². The summed E-state index contributed by atoms with van der Waals surface area (Å²) in [4.78, 5) is 14.8. The summed E-state index contributed by atoms with van der Waals surface area (Å²) in [5.41, 5.74) is 3.03. The van der Waals surface area contributed by atoms with Gasteiger partial charge in [-0.1, -0.05) is 0 Å². The summed E-state index contributed by atoms with van der Waals surface area (Å²) in [6, 6.07) is 9.78. The highest BCUT2D eigenvalue weighted by atomic mass is 16.5. The molecule has 3 aromatic heterocycles. The van der Waals surface area contributed by atoms with Crippen molar-refractivity contribution in [3.05, 3.63) is 36.2 Å². The average Bonchev–Trinajstić information content (AvgIpc) is 3.63. The summed E-state index contributed by atoms with van der Waals surface area (Å²) >= 11 is 0. The van der Waals surface area contributed by atoms with Gasteiger partial charge < -0.3 is 14.5 Å². The van der Waals surface area contributed by atoms with Crippen molar-refractivity contribution < 1.29 is 4.74 Å². The Balaban J connectivity index is 1.47. The number of ether oxygens (including phenoxy) is 1. The number of fused-ring (bicyclic) bond motifs is 1. The standard InChI is InChI=1S/C27H33N7O/c1-19-17-35-15-14-34(19)24-16-22(21-6-10-29-26(25(21)31-24)23-7-11-30-32-23)27(18-28)8-4-20(5-9-27)33-12-2-3-13-33/h6-7,10-11,16,19-20H,2-5,8-9,12-15,17H2,1H3,(H,30,32)/t19-,20?,27?/m1/s1. The summed E-state index contributed by atoms with van der Waals surface area (Å²) in [7, 11) is 0. The van der Waals surface area contributed by atoms with Crippen molar-refractivity contribution in [2.75, 3.05) is 37.7 Å². The fraction of sp³-hybridized carbons (Fsp3) is 0.556. The van der Waals surface area contributed by atoms with Crippen LogP contribution >= 0.6 is 0 Å². The number of aromatic nitrogens is 4. The third-order valence-electron chi connectivity index (χ3n) is 8.33. The maximum Gasteiger partial charge on any atom is 0.130 e. The van der Waals surface area contributed by atoms with Gasteiger partial charge in [0.15, 0.2) is 0 Å². The quantitative estimate of drug-likeness (QED) is 0.614. The highest BCUT2D eigenvalue weighted by Gasteiger charge is 2.41. The second kappa shape index (κ2) is 9.21. The molecule has 0 bridgehead atoms. The zero-order valence-electron chi connectivity index (χ0n) is 20.4. The molecule has 1 N–H and O–H groups in total. The van der Waals surface area contributed by atoms with Crippen LogP contribution in [-0.2, 0) is 10.2 Å². The molecule has 1 saturated carbocycles. The lowest BCUT2D eigenvalue weighted by molar-refractivity contribution is 0.0985. The van der Waals surface area contributed by atoms with Crippen molar-refractivity contribution in [1.82, 2.24) is 25.1 Å². The number of nitriles is 1. The van der Waals surface area contributed by atoms with Gasteiger partial charge in [-0.05, 0) is 82.3 Å². The third kappa shape index (κ3) is 3.97. The van der Waals surface area contributed by atoms with E-state index in [4.69, 9.17) is 9.72 Å². The van der Waals surface area contributed by atoms with Gasteiger partial charge >= 0.3 is 0 Å². The monoisotopic (exact) mass is 471 g/mol. The Bertz CT molecular complexity index is 1220. The maximum atomic E-state index is 10.7. The van der Waals surface area contributed by atoms with E-state index in [2.05, 4.69) is 44.0 Å². The predicted octanol–water partition coefficient (Wildman–Crippen LogP) is 4.04. The second-order valence-corrected chi connectivity index (χ2v) is 10.3. The lowest BCUT2D eigenvalue weighted by atomic mass is 9.68. The molecule has 0 amide bonds. The highest BCUT2D eigenvalue weighted by molar-refractivity contribution is 5.94. The largest absolute Gasteiger partial charge is 0.377 e. The van der Waals surface area contributed by atoms with E-state index in [1.54, 1.807) is 6.20 Å². The molecule has 0 aromatic carbocycles. The molecular weight excluding hydrogens is 438 g/mol. The van der Waals surface area contributed by atoms with Crippen LogP contribution in [0.2, 0.25) is 0 Å². The Hall–Kier alpha value is -3.02. The first-order chi connectivity index (χ1) is 17.2. The van der Waals surface area contributed by atoms with Crippen molar-refractivity contribution >= 4 is 16.7 Å². The van der Waals surface area contributed by atoms with Crippen LogP contribution in [0.15, 0.2) is 30.6 Å². The van der Waals surface area contributed by atoms with E-state index in [9.17, 15) is 5.26 Å². The molecule has 0 spiro atoms. The SMILES string of the molecule is C[C@@H]1COCCN1c1cc(C2(C#N)CCC(N3CCCC3)CC2)c2ccnc(-c3ccn[nH]3)c2n1. The molecule has 1 aliphatic carbocycles. The van der Waals surface area contributed by atoms with Gasteiger partial charge in [0.1, 0.15) is 17.0 Å². The molecule has 0 radical (unpaired) electrons. The number of pyridine rings is 2. The van der Waals surface area contributed by atoms with E-state index in [1.807, 2.05) is 18.3 Å². The topological polar surface area (TPSA) is 94.0 Å². The number of nitrogens with one attached hydrogen (secondary N) is 1. The number of hydrogen-bond acceptors (Lipinski definition) is 7. The van der Waals surface area contributed by atoms with Gasteiger partial charge in [0, 0.05) is 30.4 Å². The average molecular weight is 472 g/mol.